The molecular formula is C46H65N7O5. The van der Waals surface area contributed by atoms with Crippen LogP contribution in [0.3, 0.4) is 0 Å². The average molecular weight is 796 g/mol. The van der Waals surface area contributed by atoms with E-state index in [4.69, 9.17) is 14.9 Å². The number of likely N-dealkylation sites (N-methyl/N-ethyl adjacent to an activating group) is 1. The third kappa shape index (κ3) is 6.26. The zero-order chi connectivity index (χ0) is 42.4. The van der Waals surface area contributed by atoms with E-state index < -0.39 is 22.8 Å². The number of ether oxygens (including phenoxy) is 1. The van der Waals surface area contributed by atoms with Gasteiger partial charge >= 0.3 is 11.9 Å². The molecule has 2 heterocycles. The molecule has 4 fully saturated rings. The molecule has 0 aromatic carbocycles. The van der Waals surface area contributed by atoms with Gasteiger partial charge < -0.3 is 19.3 Å². The number of carbonyl (C=O) groups excluding carboxylic acids is 2. The molecule has 0 aliphatic heterocycles. The van der Waals surface area contributed by atoms with Gasteiger partial charge in [0.2, 0.25) is 5.82 Å². The van der Waals surface area contributed by atoms with E-state index in [0.29, 0.717) is 42.0 Å². The Labute approximate surface area is 344 Å². The van der Waals surface area contributed by atoms with Crippen LogP contribution in [0.1, 0.15) is 138 Å². The van der Waals surface area contributed by atoms with E-state index in [1.54, 1.807) is 13.8 Å². The molecule has 5 aliphatic carbocycles. The molecule has 0 saturated heterocycles. The summed E-state index contributed by atoms with van der Waals surface area (Å²) in [5, 5.41) is 28.8. The van der Waals surface area contributed by atoms with Gasteiger partial charge in [-0.15, -0.1) is 10.2 Å². The quantitative estimate of drug-likeness (QED) is 0.233. The molecule has 7 rings (SSSR count). The Morgan fingerprint density at radius 3 is 2.29 bits per heavy atom. The predicted octanol–water partition coefficient (Wildman–Crippen LogP) is 7.81. The minimum absolute atomic E-state index is 0.0131. The van der Waals surface area contributed by atoms with Crippen molar-refractivity contribution in [1.29, 1.82) is 5.26 Å². The van der Waals surface area contributed by atoms with E-state index >= 15 is 0 Å². The van der Waals surface area contributed by atoms with Crippen LogP contribution < -0.4 is 0 Å². The number of ketones is 1. The second kappa shape index (κ2) is 14.3. The highest BCUT2D eigenvalue weighted by molar-refractivity contribution is 6.01. The summed E-state index contributed by atoms with van der Waals surface area (Å²) in [4.78, 5) is 50.7. The smallest absolute Gasteiger partial charge is 0.309 e. The first kappa shape index (κ1) is 42.2. The number of Topliss-reactive ketones (excluding diaryl/α,β-unsaturated/α-hetero) is 1. The molecule has 1 unspecified atom stereocenters. The predicted molar refractivity (Wildman–Crippen MR) is 219 cm³/mol. The highest BCUT2D eigenvalue weighted by Gasteiger charge is 2.71. The van der Waals surface area contributed by atoms with Gasteiger partial charge in [0.25, 0.3) is 0 Å². The second-order valence-corrected chi connectivity index (χ2v) is 21.2. The maximum atomic E-state index is 14.5. The third-order valence-corrected chi connectivity index (χ3v) is 16.7. The Morgan fingerprint density at radius 2 is 1.67 bits per heavy atom. The molecule has 1 N–H and O–H groups in total. The minimum atomic E-state index is -1.18. The van der Waals surface area contributed by atoms with Crippen LogP contribution in [0.5, 0.6) is 0 Å². The van der Waals surface area contributed by atoms with E-state index in [1.807, 2.05) is 14.1 Å². The van der Waals surface area contributed by atoms with Crippen LogP contribution in [0.15, 0.2) is 23.5 Å². The van der Waals surface area contributed by atoms with Crippen LogP contribution in [-0.2, 0) is 31.1 Å². The first-order valence-electron chi connectivity index (χ1n) is 21.6. The number of nitriles is 1. The van der Waals surface area contributed by atoms with Crippen molar-refractivity contribution >= 4 is 17.7 Å². The van der Waals surface area contributed by atoms with Gasteiger partial charge in [0.15, 0.2) is 11.6 Å². The average Bonchev–Trinajstić information content (AvgIpc) is 3.71. The van der Waals surface area contributed by atoms with Crippen LogP contribution in [0.25, 0.3) is 11.6 Å². The number of fused-ring (bicyclic) bond motifs is 7. The summed E-state index contributed by atoms with van der Waals surface area (Å²) in [7, 11) is 4.09. The molecule has 2 aromatic heterocycles. The lowest BCUT2D eigenvalue weighted by Gasteiger charge is -2.72. The molecule has 314 valence electrons. The van der Waals surface area contributed by atoms with Crippen molar-refractivity contribution in [2.75, 3.05) is 20.6 Å². The molecule has 0 bridgehead atoms. The van der Waals surface area contributed by atoms with Crippen molar-refractivity contribution in [3.63, 3.8) is 0 Å². The molecular weight excluding hydrogens is 731 g/mol. The standard InChI is InChI=1S/C46H65N7O5/c1-27(2)35-30(54)22-46(39-51-50-38(53(39)21-20-52(10)11)37-48-25-28(24-47)26-49-37)19-18-44(8)29(36(35)46)12-13-32-43(7)16-15-33(58-34(55)23-41(3,4)40(56)57)42(5,6)31(43)14-17-45(32,44)9/h25-27,29,31-33H,12-23H2,1-11H3,(H,56,57)/t29-,31+,32?,33+,43+,44-,45-,46-/m1/s1. The van der Waals surface area contributed by atoms with Crippen molar-refractivity contribution in [3.05, 3.63) is 34.9 Å². The Kier molecular flexibility index (Phi) is 10.4. The first-order valence-corrected chi connectivity index (χ1v) is 21.6. The van der Waals surface area contributed by atoms with E-state index in [9.17, 15) is 24.8 Å². The van der Waals surface area contributed by atoms with E-state index in [-0.39, 0.29) is 51.8 Å². The van der Waals surface area contributed by atoms with Gasteiger partial charge in [-0.05, 0) is 130 Å². The number of carboxylic acids is 1. The first-order chi connectivity index (χ1) is 27.1. The fourth-order valence-corrected chi connectivity index (χ4v) is 13.5. The zero-order valence-electron chi connectivity index (χ0n) is 36.7. The van der Waals surface area contributed by atoms with Gasteiger partial charge in [0.1, 0.15) is 18.0 Å². The number of carbonyl (C=O) groups is 3. The molecule has 0 spiro atoms. The highest BCUT2D eigenvalue weighted by atomic mass is 16.5. The SMILES string of the molecule is CC(C)C1=C2[C@H]3CCC4[C@@]5(C)CC[C@H](OC(=O)CC(C)(C)C(=O)O)C(C)(C)[C@@H]5CC[C@@]4(C)[C@]3(C)CC[C@@]2(c2nnc(-c3ncc(C#N)cn3)n2CCN(C)C)CC1=O. The molecule has 12 nitrogen and oxygen atoms in total. The topological polar surface area (TPSA) is 164 Å². The number of carboxylic acid groups (broad SMARTS) is 1. The number of hydrogen-bond acceptors (Lipinski definition) is 10. The molecule has 12 heteroatoms. The summed E-state index contributed by atoms with van der Waals surface area (Å²) in [6.07, 6.45) is 10.7. The van der Waals surface area contributed by atoms with Gasteiger partial charge in [-0.1, -0.05) is 48.5 Å². The summed E-state index contributed by atoms with van der Waals surface area (Å²) in [6.45, 7) is 21.0. The molecule has 4 saturated carbocycles. The van der Waals surface area contributed by atoms with Crippen LogP contribution in [0.4, 0.5) is 0 Å². The summed E-state index contributed by atoms with van der Waals surface area (Å²) >= 11 is 0. The second-order valence-electron chi connectivity index (χ2n) is 21.2. The number of allylic oxidation sites excluding steroid dienone is 2. The Balaban J connectivity index is 1.25. The molecule has 0 radical (unpaired) electrons. The van der Waals surface area contributed by atoms with Gasteiger partial charge in [0.05, 0.1) is 22.8 Å². The number of hydrogen-bond donors (Lipinski definition) is 1. The third-order valence-electron chi connectivity index (χ3n) is 16.7. The fourth-order valence-electron chi connectivity index (χ4n) is 13.5. The number of nitrogens with zero attached hydrogens (tertiary/aromatic N) is 7. The van der Waals surface area contributed by atoms with Gasteiger partial charge in [0, 0.05) is 37.3 Å². The summed E-state index contributed by atoms with van der Waals surface area (Å²) in [5.41, 5.74) is 0.641. The monoisotopic (exact) mass is 796 g/mol. The van der Waals surface area contributed by atoms with Crippen molar-refractivity contribution in [1.82, 2.24) is 29.6 Å². The van der Waals surface area contributed by atoms with E-state index in [2.05, 4.69) is 74.0 Å². The molecule has 58 heavy (non-hydrogen) atoms. The molecule has 2 aromatic rings. The van der Waals surface area contributed by atoms with Gasteiger partial charge in [-0.2, -0.15) is 5.26 Å². The van der Waals surface area contributed by atoms with Crippen LogP contribution >= 0.6 is 0 Å². The largest absolute Gasteiger partial charge is 0.481 e. The Hall–Kier alpha value is -3.98. The van der Waals surface area contributed by atoms with Crippen LogP contribution in [-0.4, -0.2) is 79.2 Å². The lowest BCUT2D eigenvalue weighted by Crippen LogP contribution is -2.66. The van der Waals surface area contributed by atoms with Gasteiger partial charge in [-0.25, -0.2) is 9.97 Å². The lowest BCUT2D eigenvalue weighted by atomic mass is 9.33. The summed E-state index contributed by atoms with van der Waals surface area (Å²) in [6, 6.07) is 2.11. The maximum Gasteiger partial charge on any atom is 0.309 e. The molecule has 8 atom stereocenters. The lowest BCUT2D eigenvalue weighted by molar-refractivity contribution is -0.232. The van der Waals surface area contributed by atoms with E-state index in [0.717, 1.165) is 69.3 Å². The van der Waals surface area contributed by atoms with Crippen molar-refractivity contribution in [2.24, 2.45) is 50.7 Å². The van der Waals surface area contributed by atoms with Gasteiger partial charge in [-0.3, -0.25) is 14.4 Å². The van der Waals surface area contributed by atoms with Crippen molar-refractivity contribution < 1.29 is 24.2 Å². The summed E-state index contributed by atoms with van der Waals surface area (Å²) < 4.78 is 8.36. The normalized spacial score (nSPS) is 34.2. The Morgan fingerprint density at radius 1 is 0.983 bits per heavy atom. The van der Waals surface area contributed by atoms with Crippen molar-refractivity contribution in [2.45, 2.75) is 145 Å². The molecule has 5 aliphatic rings. The van der Waals surface area contributed by atoms with Crippen molar-refractivity contribution in [3.8, 4) is 17.7 Å². The highest BCUT2D eigenvalue weighted by Crippen LogP contribution is 2.76. The Bertz CT molecular complexity index is 2060. The number of rotatable bonds is 10. The van der Waals surface area contributed by atoms with E-state index in [1.165, 1.54) is 18.0 Å². The van der Waals surface area contributed by atoms with Crippen LogP contribution in [0, 0.1) is 62.1 Å². The minimum Gasteiger partial charge on any atom is -0.481 e. The number of aromatic nitrogens is 5. The number of aliphatic carboxylic acids is 1. The zero-order valence-corrected chi connectivity index (χ0v) is 36.7. The summed E-state index contributed by atoms with van der Waals surface area (Å²) in [5.74, 6) is 1.71. The molecule has 0 amide bonds. The fraction of sp³-hybridized carbons (Fsp3) is 0.739. The van der Waals surface area contributed by atoms with Crippen LogP contribution in [0.2, 0.25) is 0 Å². The number of esters is 1. The maximum absolute atomic E-state index is 14.5.